The zero-order valence-electron chi connectivity index (χ0n) is 11.3. The van der Waals surface area contributed by atoms with Gasteiger partial charge >= 0.3 is 0 Å². The summed E-state index contributed by atoms with van der Waals surface area (Å²) < 4.78 is 51.7. The van der Waals surface area contributed by atoms with E-state index in [1.807, 2.05) is 0 Å². The number of alkyl halides is 2. The fourth-order valence-corrected chi connectivity index (χ4v) is 2.55. The van der Waals surface area contributed by atoms with Crippen LogP contribution in [0.1, 0.15) is 32.9 Å². The molecule has 2 rings (SSSR count). The minimum Gasteiger partial charge on any atom is -0.375 e. The van der Waals surface area contributed by atoms with Crippen molar-refractivity contribution in [2.75, 3.05) is 5.73 Å². The van der Waals surface area contributed by atoms with Crippen molar-refractivity contribution in [2.24, 2.45) is 0 Å². The van der Waals surface area contributed by atoms with Crippen molar-refractivity contribution in [1.82, 2.24) is 10.3 Å². The van der Waals surface area contributed by atoms with Crippen LogP contribution in [-0.4, -0.2) is 10.9 Å². The van der Waals surface area contributed by atoms with Gasteiger partial charge in [0.25, 0.3) is 12.3 Å². The third kappa shape index (κ3) is 3.35. The average molecular weight is 333 g/mol. The first-order valence-electron chi connectivity index (χ1n) is 6.06. The lowest BCUT2D eigenvalue weighted by Gasteiger charge is -2.08. The molecule has 0 atom stereocenters. The second kappa shape index (κ2) is 6.30. The van der Waals surface area contributed by atoms with E-state index in [1.165, 1.54) is 0 Å². The third-order valence-corrected chi connectivity index (χ3v) is 3.80. The van der Waals surface area contributed by atoms with E-state index in [0.29, 0.717) is 22.5 Å². The Morgan fingerprint density at radius 3 is 2.64 bits per heavy atom. The fourth-order valence-electron chi connectivity index (χ4n) is 1.79. The van der Waals surface area contributed by atoms with Crippen molar-refractivity contribution in [1.29, 1.82) is 0 Å². The Kier molecular flexibility index (Phi) is 4.65. The molecule has 0 spiro atoms. The highest BCUT2D eigenvalue weighted by Gasteiger charge is 2.23. The largest absolute Gasteiger partial charge is 0.375 e. The molecule has 0 unspecified atom stereocenters. The maximum atomic E-state index is 13.2. The number of hydrogen-bond acceptors (Lipinski definition) is 4. The van der Waals surface area contributed by atoms with E-state index in [0.717, 1.165) is 12.1 Å². The number of thiazole rings is 1. The summed E-state index contributed by atoms with van der Waals surface area (Å²) in [7, 11) is 0. The number of nitrogens with one attached hydrogen (secondary N) is 1. The van der Waals surface area contributed by atoms with E-state index < -0.39 is 29.7 Å². The van der Waals surface area contributed by atoms with E-state index in [9.17, 15) is 22.4 Å². The molecular formula is C13H11F4N3OS. The number of carbonyl (C=O) groups is 1. The highest BCUT2D eigenvalue weighted by molar-refractivity contribution is 7.17. The normalized spacial score (nSPS) is 11.0. The predicted octanol–water partition coefficient (Wildman–Crippen LogP) is 3.18. The summed E-state index contributed by atoms with van der Waals surface area (Å²) in [5, 5.41) is 2.22. The quantitative estimate of drug-likeness (QED) is 0.845. The van der Waals surface area contributed by atoms with Crippen molar-refractivity contribution in [3.05, 3.63) is 45.5 Å². The predicted molar refractivity (Wildman–Crippen MR) is 73.7 cm³/mol. The van der Waals surface area contributed by atoms with Crippen LogP contribution in [0.4, 0.5) is 22.7 Å². The van der Waals surface area contributed by atoms with Gasteiger partial charge in [0, 0.05) is 6.54 Å². The third-order valence-electron chi connectivity index (χ3n) is 2.90. The SMILES string of the molecule is Cc1cc(F)c(F)cc1CNC(=O)c1sc(N)nc1C(F)F. The Hall–Kier alpha value is -2.16. The summed E-state index contributed by atoms with van der Waals surface area (Å²) in [4.78, 5) is 15.0. The van der Waals surface area contributed by atoms with Crippen LogP contribution in [0.2, 0.25) is 0 Å². The van der Waals surface area contributed by atoms with E-state index >= 15 is 0 Å². The first-order valence-corrected chi connectivity index (χ1v) is 6.88. The number of aromatic nitrogens is 1. The Morgan fingerprint density at radius 1 is 1.36 bits per heavy atom. The number of rotatable bonds is 4. The van der Waals surface area contributed by atoms with Gasteiger partial charge in [-0.3, -0.25) is 4.79 Å². The smallest absolute Gasteiger partial charge is 0.282 e. The molecule has 22 heavy (non-hydrogen) atoms. The van der Waals surface area contributed by atoms with Gasteiger partial charge in [-0.1, -0.05) is 11.3 Å². The second-order valence-corrected chi connectivity index (χ2v) is 5.47. The van der Waals surface area contributed by atoms with Crippen LogP contribution in [0.25, 0.3) is 0 Å². The lowest BCUT2D eigenvalue weighted by molar-refractivity contribution is 0.0940. The topological polar surface area (TPSA) is 68.0 Å². The van der Waals surface area contributed by atoms with E-state index in [-0.39, 0.29) is 16.6 Å². The number of nitrogens with two attached hydrogens (primary N) is 1. The number of hydrogen-bond donors (Lipinski definition) is 2. The lowest BCUT2D eigenvalue weighted by Crippen LogP contribution is -2.23. The van der Waals surface area contributed by atoms with Crippen molar-refractivity contribution in [3.8, 4) is 0 Å². The highest BCUT2D eigenvalue weighted by Crippen LogP contribution is 2.28. The Balaban J connectivity index is 2.15. The number of carbonyl (C=O) groups excluding carboxylic acids is 1. The zero-order chi connectivity index (χ0) is 16.4. The number of nitrogens with zero attached hydrogens (tertiary/aromatic N) is 1. The molecule has 9 heteroatoms. The first-order chi connectivity index (χ1) is 10.3. The number of nitrogen functional groups attached to an aromatic ring is 1. The molecule has 1 aromatic heterocycles. The van der Waals surface area contributed by atoms with Crippen molar-refractivity contribution in [2.45, 2.75) is 19.9 Å². The molecular weight excluding hydrogens is 322 g/mol. The van der Waals surface area contributed by atoms with Gasteiger partial charge in [0.1, 0.15) is 10.6 Å². The molecule has 0 aliphatic carbocycles. The molecule has 1 heterocycles. The molecule has 0 saturated carbocycles. The van der Waals surface area contributed by atoms with Gasteiger partial charge in [-0.2, -0.15) is 0 Å². The molecule has 0 bridgehead atoms. The molecule has 0 radical (unpaired) electrons. The van der Waals surface area contributed by atoms with Gasteiger partial charge in [0.05, 0.1) is 0 Å². The molecule has 4 nitrogen and oxygen atoms in total. The molecule has 2 aromatic rings. The molecule has 3 N–H and O–H groups in total. The maximum Gasteiger partial charge on any atom is 0.282 e. The molecule has 1 amide bonds. The van der Waals surface area contributed by atoms with E-state index in [4.69, 9.17) is 5.73 Å². The Bertz CT molecular complexity index is 718. The minimum absolute atomic E-state index is 0.137. The summed E-state index contributed by atoms with van der Waals surface area (Å²) in [6.45, 7) is 1.40. The average Bonchev–Trinajstić information content (AvgIpc) is 2.83. The fraction of sp³-hybridized carbons (Fsp3) is 0.231. The zero-order valence-corrected chi connectivity index (χ0v) is 12.1. The van der Waals surface area contributed by atoms with Crippen LogP contribution in [0.5, 0.6) is 0 Å². The maximum absolute atomic E-state index is 13.2. The summed E-state index contributed by atoms with van der Waals surface area (Å²) in [5.41, 5.74) is 5.40. The molecule has 0 aliphatic heterocycles. The van der Waals surface area contributed by atoms with Crippen molar-refractivity contribution in [3.63, 3.8) is 0 Å². The standard InChI is InChI=1S/C13H11F4N3OS/c1-5-2-7(14)8(15)3-6(5)4-19-12(21)10-9(11(16)17)20-13(18)22-10/h2-3,11H,4H2,1H3,(H2,18,20)(H,19,21). The van der Waals surface area contributed by atoms with Gasteiger partial charge in [0.15, 0.2) is 16.8 Å². The van der Waals surface area contributed by atoms with Gasteiger partial charge < -0.3 is 11.1 Å². The highest BCUT2D eigenvalue weighted by atomic mass is 32.1. The lowest BCUT2D eigenvalue weighted by atomic mass is 10.1. The second-order valence-electron chi connectivity index (χ2n) is 4.44. The van der Waals surface area contributed by atoms with Crippen LogP contribution in [0, 0.1) is 18.6 Å². The summed E-state index contributed by atoms with van der Waals surface area (Å²) in [5.74, 6) is -2.85. The van der Waals surface area contributed by atoms with Gasteiger partial charge in [-0.05, 0) is 30.2 Å². The van der Waals surface area contributed by atoms with Crippen LogP contribution < -0.4 is 11.1 Å². The number of anilines is 1. The molecule has 0 aliphatic rings. The van der Waals surface area contributed by atoms with Crippen LogP contribution in [0.3, 0.4) is 0 Å². The van der Waals surface area contributed by atoms with Crippen LogP contribution >= 0.6 is 11.3 Å². The number of halogens is 4. The summed E-state index contributed by atoms with van der Waals surface area (Å²) >= 11 is 0.636. The van der Waals surface area contributed by atoms with Gasteiger partial charge in [-0.25, -0.2) is 22.5 Å². The Labute approximate surface area is 127 Å². The summed E-state index contributed by atoms with van der Waals surface area (Å²) in [6, 6.07) is 1.94. The van der Waals surface area contributed by atoms with Crippen molar-refractivity contribution < 1.29 is 22.4 Å². The number of amides is 1. The van der Waals surface area contributed by atoms with Crippen LogP contribution in [-0.2, 0) is 6.54 Å². The first kappa shape index (κ1) is 16.2. The monoisotopic (exact) mass is 333 g/mol. The number of benzene rings is 1. The molecule has 0 saturated heterocycles. The van der Waals surface area contributed by atoms with Gasteiger partial charge in [-0.15, -0.1) is 0 Å². The van der Waals surface area contributed by atoms with E-state index in [2.05, 4.69) is 10.3 Å². The Morgan fingerprint density at radius 2 is 2.00 bits per heavy atom. The van der Waals surface area contributed by atoms with Gasteiger partial charge in [0.2, 0.25) is 0 Å². The molecule has 118 valence electrons. The minimum atomic E-state index is -2.93. The molecule has 0 fully saturated rings. The van der Waals surface area contributed by atoms with Crippen molar-refractivity contribution >= 4 is 22.4 Å². The van der Waals surface area contributed by atoms with Crippen LogP contribution in [0.15, 0.2) is 12.1 Å². The number of aryl methyl sites for hydroxylation is 1. The molecule has 1 aromatic carbocycles. The summed E-state index contributed by atoms with van der Waals surface area (Å²) in [6.07, 6.45) is -2.93. The van der Waals surface area contributed by atoms with E-state index in [1.54, 1.807) is 6.92 Å².